The fraction of sp³-hybridized carbons (Fsp3) is 0.650. The zero-order chi connectivity index (χ0) is 16.3. The molecule has 0 spiro atoms. The topological polar surface area (TPSA) is 26.3 Å². The highest BCUT2D eigenvalue weighted by Gasteiger charge is 1.98. The largest absolute Gasteiger partial charge is 0.466 e. The lowest BCUT2D eigenvalue weighted by Crippen LogP contribution is -2.02. The first kappa shape index (κ1) is 20.7. The second kappa shape index (κ2) is 17.7. The van der Waals surface area contributed by atoms with Crippen LogP contribution < -0.4 is 0 Å². The number of hydrogen-bond donors (Lipinski definition) is 0. The number of ether oxygens (including phenoxy) is 1. The van der Waals surface area contributed by atoms with Gasteiger partial charge in [-0.3, -0.25) is 4.79 Å². The first-order valence-corrected chi connectivity index (χ1v) is 8.93. The van der Waals surface area contributed by atoms with Gasteiger partial charge >= 0.3 is 5.97 Å². The van der Waals surface area contributed by atoms with Gasteiger partial charge in [-0.05, 0) is 51.9 Å². The number of carbonyl (C=O) groups excluding carboxylic acids is 1. The van der Waals surface area contributed by atoms with E-state index in [1.165, 1.54) is 32.1 Å². The molecule has 0 N–H and O–H groups in total. The van der Waals surface area contributed by atoms with Crippen molar-refractivity contribution in [1.29, 1.82) is 0 Å². The van der Waals surface area contributed by atoms with Gasteiger partial charge in [0, 0.05) is 6.42 Å². The summed E-state index contributed by atoms with van der Waals surface area (Å²) in [6, 6.07) is 0. The summed E-state index contributed by atoms with van der Waals surface area (Å²) >= 11 is 0. The molecule has 0 rings (SSSR count). The number of carbonyl (C=O) groups is 1. The Labute approximate surface area is 137 Å². The molecule has 0 heterocycles. The first-order valence-electron chi connectivity index (χ1n) is 8.93. The van der Waals surface area contributed by atoms with Crippen LogP contribution >= 0.6 is 0 Å². The molecule has 0 amide bonds. The van der Waals surface area contributed by atoms with Crippen molar-refractivity contribution < 1.29 is 9.53 Å². The maximum absolute atomic E-state index is 11.1. The molecular weight excluding hydrogens is 272 g/mol. The lowest BCUT2D eigenvalue weighted by Gasteiger charge is -1.99. The van der Waals surface area contributed by atoms with Crippen LogP contribution in [0.25, 0.3) is 0 Å². The van der Waals surface area contributed by atoms with Crippen molar-refractivity contribution >= 4 is 5.97 Å². The van der Waals surface area contributed by atoms with E-state index in [4.69, 9.17) is 4.74 Å². The van der Waals surface area contributed by atoms with Gasteiger partial charge in [-0.2, -0.15) is 0 Å². The maximum Gasteiger partial charge on any atom is 0.305 e. The van der Waals surface area contributed by atoms with Gasteiger partial charge in [0.25, 0.3) is 0 Å². The number of hydrogen-bond acceptors (Lipinski definition) is 2. The normalized spacial score (nSPS) is 11.9. The number of esters is 1. The van der Waals surface area contributed by atoms with Gasteiger partial charge in [0.2, 0.25) is 0 Å². The fourth-order valence-electron chi connectivity index (χ4n) is 2.05. The van der Waals surface area contributed by atoms with Gasteiger partial charge < -0.3 is 4.74 Å². The number of rotatable bonds is 14. The smallest absolute Gasteiger partial charge is 0.305 e. The van der Waals surface area contributed by atoms with E-state index in [1.807, 2.05) is 6.92 Å². The van der Waals surface area contributed by atoms with Crippen LogP contribution in [0.15, 0.2) is 36.5 Å². The molecule has 0 saturated heterocycles. The summed E-state index contributed by atoms with van der Waals surface area (Å²) < 4.78 is 4.88. The summed E-state index contributed by atoms with van der Waals surface area (Å²) in [4.78, 5) is 11.1. The second-order valence-corrected chi connectivity index (χ2v) is 5.45. The van der Waals surface area contributed by atoms with E-state index in [-0.39, 0.29) is 5.97 Å². The average molecular weight is 306 g/mol. The Morgan fingerprint density at radius 3 is 2.00 bits per heavy atom. The third-order valence-electron chi connectivity index (χ3n) is 3.32. The van der Waals surface area contributed by atoms with Crippen molar-refractivity contribution in [2.75, 3.05) is 6.61 Å². The second-order valence-electron chi connectivity index (χ2n) is 5.45. The van der Waals surface area contributed by atoms with E-state index in [2.05, 4.69) is 43.4 Å². The molecule has 2 heteroatoms. The van der Waals surface area contributed by atoms with Gasteiger partial charge in [-0.15, -0.1) is 0 Å². The van der Waals surface area contributed by atoms with Gasteiger partial charge in [-0.25, -0.2) is 0 Å². The lowest BCUT2D eigenvalue weighted by atomic mass is 10.1. The molecule has 0 bridgehead atoms. The van der Waals surface area contributed by atoms with Crippen LogP contribution in [0.1, 0.15) is 78.1 Å². The van der Waals surface area contributed by atoms with Gasteiger partial charge in [0.1, 0.15) is 0 Å². The Morgan fingerprint density at radius 2 is 1.36 bits per heavy atom. The zero-order valence-electron chi connectivity index (χ0n) is 14.6. The van der Waals surface area contributed by atoms with Crippen LogP contribution in [0.3, 0.4) is 0 Å². The van der Waals surface area contributed by atoms with Crippen LogP contribution in [0.4, 0.5) is 0 Å². The van der Waals surface area contributed by atoms with E-state index in [1.54, 1.807) is 0 Å². The van der Waals surface area contributed by atoms with E-state index in [0.717, 1.165) is 25.7 Å². The Balaban J connectivity index is 3.34. The molecule has 0 aromatic carbocycles. The zero-order valence-corrected chi connectivity index (χ0v) is 14.6. The Hall–Kier alpha value is -1.31. The van der Waals surface area contributed by atoms with Crippen molar-refractivity contribution in [1.82, 2.24) is 0 Å². The first-order chi connectivity index (χ1) is 10.8. The molecule has 0 aliphatic carbocycles. The van der Waals surface area contributed by atoms with Crippen LogP contribution in [-0.2, 0) is 9.53 Å². The van der Waals surface area contributed by atoms with E-state index < -0.39 is 0 Å². The number of allylic oxidation sites excluding steroid dienone is 6. The molecule has 0 aromatic rings. The minimum atomic E-state index is -0.0798. The van der Waals surface area contributed by atoms with E-state index in [0.29, 0.717) is 13.0 Å². The van der Waals surface area contributed by atoms with Crippen LogP contribution in [-0.4, -0.2) is 12.6 Å². The van der Waals surface area contributed by atoms with Crippen molar-refractivity contribution in [2.45, 2.75) is 78.1 Å². The third kappa shape index (κ3) is 16.7. The maximum atomic E-state index is 11.1. The summed E-state index contributed by atoms with van der Waals surface area (Å²) in [5, 5.41) is 0. The Morgan fingerprint density at radius 1 is 0.773 bits per heavy atom. The van der Waals surface area contributed by atoms with Crippen molar-refractivity contribution in [3.8, 4) is 0 Å². The van der Waals surface area contributed by atoms with Crippen LogP contribution in [0.2, 0.25) is 0 Å². The molecule has 0 aliphatic heterocycles. The molecular formula is C20H34O2. The van der Waals surface area contributed by atoms with E-state index >= 15 is 0 Å². The highest BCUT2D eigenvalue weighted by molar-refractivity contribution is 5.69. The quantitative estimate of drug-likeness (QED) is 0.167. The predicted octanol–water partition coefficient (Wildman–Crippen LogP) is 6.14. The molecule has 2 nitrogen and oxygen atoms in total. The highest BCUT2D eigenvalue weighted by atomic mass is 16.5. The fourth-order valence-corrected chi connectivity index (χ4v) is 2.05. The molecule has 22 heavy (non-hydrogen) atoms. The molecule has 0 aromatic heterocycles. The minimum absolute atomic E-state index is 0.0798. The third-order valence-corrected chi connectivity index (χ3v) is 3.32. The molecule has 0 radical (unpaired) electrons. The molecule has 0 atom stereocenters. The summed E-state index contributed by atoms with van der Waals surface area (Å²) in [5.41, 5.74) is 0. The van der Waals surface area contributed by atoms with E-state index in [9.17, 15) is 4.79 Å². The highest BCUT2D eigenvalue weighted by Crippen LogP contribution is 2.03. The monoisotopic (exact) mass is 306 g/mol. The van der Waals surface area contributed by atoms with Crippen molar-refractivity contribution in [3.63, 3.8) is 0 Å². The van der Waals surface area contributed by atoms with Gasteiger partial charge in [-0.1, -0.05) is 56.2 Å². The summed E-state index contributed by atoms with van der Waals surface area (Å²) in [6.07, 6.45) is 24.2. The standard InChI is InChI=1S/C20H34O2/c1-3-5-6-7-8-9-10-11-12-13-14-15-16-17-18-19-20(21)22-4-2/h8-11,15-16H,3-7,12-14,17-19H2,1-2H3/b9-8+,11-10+,16-15-. The molecule has 0 fully saturated rings. The van der Waals surface area contributed by atoms with Crippen molar-refractivity contribution in [3.05, 3.63) is 36.5 Å². The summed E-state index contributed by atoms with van der Waals surface area (Å²) in [5.74, 6) is -0.0798. The van der Waals surface area contributed by atoms with Crippen LogP contribution in [0.5, 0.6) is 0 Å². The lowest BCUT2D eigenvalue weighted by molar-refractivity contribution is -0.143. The predicted molar refractivity (Wildman–Crippen MR) is 95.9 cm³/mol. The summed E-state index contributed by atoms with van der Waals surface area (Å²) in [7, 11) is 0. The van der Waals surface area contributed by atoms with Gasteiger partial charge in [0.05, 0.1) is 6.61 Å². The van der Waals surface area contributed by atoms with Gasteiger partial charge in [0.15, 0.2) is 0 Å². The summed E-state index contributed by atoms with van der Waals surface area (Å²) in [6.45, 7) is 4.56. The molecule has 0 aliphatic rings. The Kier molecular flexibility index (Phi) is 16.7. The minimum Gasteiger partial charge on any atom is -0.466 e. The number of unbranched alkanes of at least 4 members (excludes halogenated alkanes) is 6. The Bertz CT molecular complexity index is 327. The molecule has 0 unspecified atom stereocenters. The average Bonchev–Trinajstić information content (AvgIpc) is 2.51. The molecule has 0 saturated carbocycles. The van der Waals surface area contributed by atoms with Crippen molar-refractivity contribution in [2.24, 2.45) is 0 Å². The van der Waals surface area contributed by atoms with Crippen LogP contribution in [0, 0.1) is 0 Å². The molecule has 126 valence electrons. The SMILES string of the molecule is CCCCC/C=C/C=C/CCC/C=C\CCCC(=O)OCC.